The summed E-state index contributed by atoms with van der Waals surface area (Å²) in [6.45, 7) is 2.97. The summed E-state index contributed by atoms with van der Waals surface area (Å²) in [6, 6.07) is 22.8. The van der Waals surface area contributed by atoms with E-state index in [-0.39, 0.29) is 59.2 Å². The lowest BCUT2D eigenvalue weighted by molar-refractivity contribution is -0.150. The highest BCUT2D eigenvalue weighted by atomic mass is 35.5. The van der Waals surface area contributed by atoms with Gasteiger partial charge in [-0.05, 0) is 183 Å². The minimum atomic E-state index is -1.80. The molecule has 2 saturated carbocycles. The third-order valence-corrected chi connectivity index (χ3v) is 21.4. The van der Waals surface area contributed by atoms with Gasteiger partial charge in [-0.15, -0.1) is 0 Å². The first-order chi connectivity index (χ1) is 41.3. The van der Waals surface area contributed by atoms with E-state index in [2.05, 4.69) is 34.1 Å². The van der Waals surface area contributed by atoms with E-state index in [0.29, 0.717) is 87.9 Å². The number of fused-ring (bicyclic) bond motifs is 8. The fourth-order valence-electron chi connectivity index (χ4n) is 15.3. The number of anilines is 2. The summed E-state index contributed by atoms with van der Waals surface area (Å²) in [5.74, 6) is -1.18. The van der Waals surface area contributed by atoms with Gasteiger partial charge in [-0.3, -0.25) is 19.2 Å². The number of aliphatic hydroxyl groups is 4. The average molecular weight is 1220 g/mol. The fourth-order valence-corrected chi connectivity index (χ4v) is 15.7. The summed E-state index contributed by atoms with van der Waals surface area (Å²) in [7, 11) is 3.28. The number of ether oxygens (including phenoxy) is 2. The molecule has 8 aliphatic rings. The summed E-state index contributed by atoms with van der Waals surface area (Å²) < 4.78 is 13.2. The molecule has 460 valence electrons. The Bertz CT molecular complexity index is 3070. The summed E-state index contributed by atoms with van der Waals surface area (Å²) in [5, 5.41) is 65.8. The van der Waals surface area contributed by atoms with Crippen LogP contribution in [0.2, 0.25) is 10.0 Å². The predicted molar refractivity (Wildman–Crippen MR) is 330 cm³/mol. The largest absolute Gasteiger partial charge is 0.490 e. The topological polar surface area (TPSA) is 221 Å². The van der Waals surface area contributed by atoms with Crippen LogP contribution in [-0.4, -0.2) is 156 Å². The Balaban J connectivity index is 0.000000179. The molecule has 86 heavy (non-hydrogen) atoms. The van der Waals surface area contributed by atoms with Gasteiger partial charge in [0, 0.05) is 87.1 Å². The van der Waals surface area contributed by atoms with Crippen LogP contribution >= 0.6 is 23.2 Å². The maximum absolute atomic E-state index is 13.3. The van der Waals surface area contributed by atoms with Crippen LogP contribution in [0, 0.1) is 23.7 Å². The molecule has 12 rings (SSSR count). The number of aliphatic carboxylic acids is 2. The van der Waals surface area contributed by atoms with Crippen molar-refractivity contribution in [1.82, 2.24) is 9.80 Å². The number of nitrogens with zero attached hydrogens (tertiary/aromatic N) is 4. The molecule has 2 amide bonds. The quantitative estimate of drug-likeness (QED) is 0.105. The number of carbonyl (C=O) groups excluding carboxylic acids is 2. The van der Waals surface area contributed by atoms with Crippen molar-refractivity contribution < 1.29 is 59.3 Å². The Morgan fingerprint density at radius 1 is 0.593 bits per heavy atom. The van der Waals surface area contributed by atoms with Gasteiger partial charge < -0.3 is 59.7 Å². The molecule has 18 heteroatoms. The van der Waals surface area contributed by atoms with Crippen LogP contribution in [0.25, 0.3) is 0 Å². The summed E-state index contributed by atoms with van der Waals surface area (Å²) in [4.78, 5) is 59.9. The number of benzene rings is 4. The number of carboxylic acid groups (broad SMARTS) is 2. The molecule has 6 N–H and O–H groups in total. The van der Waals surface area contributed by atoms with Crippen LogP contribution < -0.4 is 19.3 Å². The molecule has 16 nitrogen and oxygen atoms in total. The van der Waals surface area contributed by atoms with Crippen LogP contribution in [0.1, 0.15) is 110 Å². The van der Waals surface area contributed by atoms with Gasteiger partial charge in [0.05, 0.1) is 50.0 Å². The van der Waals surface area contributed by atoms with Crippen molar-refractivity contribution in [2.24, 2.45) is 23.7 Å². The lowest BCUT2D eigenvalue weighted by Crippen LogP contribution is -2.49. The third kappa shape index (κ3) is 11.7. The van der Waals surface area contributed by atoms with Gasteiger partial charge in [0.1, 0.15) is 22.3 Å². The van der Waals surface area contributed by atoms with Crippen LogP contribution in [0.5, 0.6) is 11.5 Å². The number of amides is 2. The number of aliphatic hydroxyl groups excluding tert-OH is 4. The molecule has 4 aromatic carbocycles. The van der Waals surface area contributed by atoms with E-state index < -0.39 is 48.2 Å². The Labute approximate surface area is 514 Å². The first-order valence-electron chi connectivity index (χ1n) is 30.8. The number of hydrogen-bond acceptors (Lipinski definition) is 12. The molecule has 4 aromatic rings. The van der Waals surface area contributed by atoms with Gasteiger partial charge in [-0.2, -0.15) is 0 Å². The normalized spacial score (nSPS) is 31.7. The Morgan fingerprint density at radius 2 is 1.01 bits per heavy atom. The molecule has 4 aliphatic heterocycles. The Morgan fingerprint density at radius 3 is 1.38 bits per heavy atom. The molecule has 4 aliphatic carbocycles. The zero-order valence-electron chi connectivity index (χ0n) is 49.3. The van der Waals surface area contributed by atoms with Crippen molar-refractivity contribution in [2.75, 3.05) is 89.6 Å². The first-order valence-corrected chi connectivity index (χ1v) is 31.6. The van der Waals surface area contributed by atoms with E-state index in [1.165, 1.54) is 32.1 Å². The second kappa shape index (κ2) is 25.2. The molecule has 4 heterocycles. The molecule has 0 unspecified atom stereocenters. The lowest BCUT2D eigenvalue weighted by atomic mass is 9.68. The monoisotopic (exact) mass is 1220 g/mol. The lowest BCUT2D eigenvalue weighted by Gasteiger charge is -2.45. The smallest absolute Gasteiger partial charge is 0.317 e. The summed E-state index contributed by atoms with van der Waals surface area (Å²) >= 11 is 12.8. The number of halogens is 2. The van der Waals surface area contributed by atoms with E-state index >= 15 is 0 Å². The molecular weight excluding hydrogens is 1140 g/mol. The van der Waals surface area contributed by atoms with Crippen molar-refractivity contribution >= 4 is 58.3 Å². The zero-order valence-corrected chi connectivity index (χ0v) is 50.9. The van der Waals surface area contributed by atoms with Crippen LogP contribution in [0.4, 0.5) is 11.4 Å². The maximum atomic E-state index is 13.3. The molecule has 2 fully saturated rings. The van der Waals surface area contributed by atoms with Crippen molar-refractivity contribution in [1.29, 1.82) is 0 Å². The highest BCUT2D eigenvalue weighted by molar-refractivity contribution is 6.31. The van der Waals surface area contributed by atoms with E-state index in [4.69, 9.17) is 32.7 Å². The number of carboxylic acids is 2. The Kier molecular flexibility index (Phi) is 18.0. The second-order valence-electron chi connectivity index (χ2n) is 26.1. The molecule has 10 atom stereocenters. The van der Waals surface area contributed by atoms with Crippen LogP contribution in [0.3, 0.4) is 0 Å². The third-order valence-electron chi connectivity index (χ3n) is 21.0. The SMILES string of the molecule is CN1CC/C=C/[C@H](O)[C@@H]2CC[C@H]2CN2C[C@@]3(CCCc4cc(Cl)ccc43)COc3ccc(cc32)[C@@](CO)(C(=O)O)CC1=O.CN1CC/C=C/[C@H](O)[C@@H]2CC[C@H]2CN2C[C@@]3(CCCc4cc(Cl)ccc43)COc3ccc(cc32)[C@](CO)(C(=O)O)CC1=O. The molecular formula is C68H82Cl2N4O12. The predicted octanol–water partition coefficient (Wildman–Crippen LogP) is 8.65. The maximum Gasteiger partial charge on any atom is 0.317 e. The van der Waals surface area contributed by atoms with Gasteiger partial charge in [0.2, 0.25) is 11.8 Å². The standard InChI is InChI=1S/2C34H41ClN2O6/c2*1-36-14-3-2-6-29(39)26-10-7-23(26)18-37-19-33(13-4-5-22-15-25(35)9-11-27(22)33)21-43-30-12-8-24(16-28(30)37)34(20-38,32(41)42)17-31(36)40/h2*2,6,8-9,11-12,15-16,23,26,29,38-39H,3-5,7,10,13-14,17-21H2,1H3,(H,41,42)/b2*6-2+/t23-,26+,29-,33-,34+;23-,26+,29-,33-,34-/m00/s1. The van der Waals surface area contributed by atoms with E-state index in [0.717, 1.165) is 85.6 Å². The molecule has 0 radical (unpaired) electrons. The second-order valence-corrected chi connectivity index (χ2v) is 26.9. The van der Waals surface area contributed by atoms with Crippen molar-refractivity contribution in [2.45, 2.75) is 124 Å². The first kappa shape index (κ1) is 61.5. The van der Waals surface area contributed by atoms with Gasteiger partial charge in [0.25, 0.3) is 0 Å². The average Bonchev–Trinajstić information content (AvgIpc) is 2.01. The van der Waals surface area contributed by atoms with Gasteiger partial charge in [-0.25, -0.2) is 0 Å². The van der Waals surface area contributed by atoms with E-state index in [1.807, 2.05) is 48.6 Å². The highest BCUT2D eigenvalue weighted by Crippen LogP contribution is 2.50. The number of aryl methyl sites for hydroxylation is 2. The molecule has 0 saturated heterocycles. The van der Waals surface area contributed by atoms with Gasteiger partial charge in [0.15, 0.2) is 0 Å². The van der Waals surface area contributed by atoms with E-state index in [9.17, 15) is 49.8 Å². The van der Waals surface area contributed by atoms with Crippen molar-refractivity contribution in [3.8, 4) is 11.5 Å². The zero-order chi connectivity index (χ0) is 60.7. The highest BCUT2D eigenvalue weighted by Gasteiger charge is 2.50. The summed E-state index contributed by atoms with van der Waals surface area (Å²) in [5.41, 5.74) is 3.03. The molecule has 4 bridgehead atoms. The number of hydrogen-bond donors (Lipinski definition) is 6. The summed E-state index contributed by atoms with van der Waals surface area (Å²) in [6.07, 6.45) is 16.4. The molecule has 2 spiro atoms. The van der Waals surface area contributed by atoms with Gasteiger partial charge in [-0.1, -0.05) is 71.8 Å². The van der Waals surface area contributed by atoms with Crippen LogP contribution in [-0.2, 0) is 53.7 Å². The van der Waals surface area contributed by atoms with Crippen molar-refractivity contribution in [3.63, 3.8) is 0 Å². The number of carbonyl (C=O) groups is 4. The minimum absolute atomic E-state index is 0.114. The van der Waals surface area contributed by atoms with Crippen LogP contribution in [0.15, 0.2) is 97.1 Å². The fraction of sp³-hybridized carbons (Fsp3) is 0.529. The van der Waals surface area contributed by atoms with Crippen molar-refractivity contribution in [3.05, 3.63) is 141 Å². The number of rotatable bonds is 4. The Hall–Kier alpha value is -6.14. The molecule has 0 aromatic heterocycles. The minimum Gasteiger partial charge on any atom is -0.490 e. The van der Waals surface area contributed by atoms with Gasteiger partial charge >= 0.3 is 11.9 Å². The van der Waals surface area contributed by atoms with E-state index in [1.54, 1.807) is 38.4 Å².